The summed E-state index contributed by atoms with van der Waals surface area (Å²) >= 11 is 0. The van der Waals surface area contributed by atoms with Gasteiger partial charge in [0.15, 0.2) is 9.84 Å². The molecule has 0 radical (unpaired) electrons. The van der Waals surface area contributed by atoms with Gasteiger partial charge in [0, 0.05) is 24.7 Å². The van der Waals surface area contributed by atoms with E-state index in [1.165, 1.54) is 0 Å². The largest absolute Gasteiger partial charge is 0.379 e. The number of hydrogen-bond acceptors (Lipinski definition) is 5. The molecule has 1 aromatic carbocycles. The lowest BCUT2D eigenvalue weighted by atomic mass is 9.95. The van der Waals surface area contributed by atoms with Crippen molar-refractivity contribution in [3.05, 3.63) is 60.4 Å². The first-order chi connectivity index (χ1) is 12.5. The van der Waals surface area contributed by atoms with Gasteiger partial charge in [0.1, 0.15) is 0 Å². The lowest BCUT2D eigenvalue weighted by Gasteiger charge is -2.19. The van der Waals surface area contributed by atoms with Gasteiger partial charge >= 0.3 is 0 Å². The summed E-state index contributed by atoms with van der Waals surface area (Å²) in [7, 11) is -3.45. The van der Waals surface area contributed by atoms with Gasteiger partial charge in [0.2, 0.25) is 5.91 Å². The summed E-state index contributed by atoms with van der Waals surface area (Å²) in [5.41, 5.74) is 1.14. The Kier molecular flexibility index (Phi) is 6.00. The number of ether oxygens (including phenoxy) is 1. The molecule has 2 aromatic rings. The smallest absolute Gasteiger partial charge is 0.221 e. The molecule has 1 N–H and O–H groups in total. The summed E-state index contributed by atoms with van der Waals surface area (Å²) in [4.78, 5) is 16.5. The normalized spacial score (nSPS) is 20.0. The summed E-state index contributed by atoms with van der Waals surface area (Å²) in [6.45, 7) is 1.03. The van der Waals surface area contributed by atoms with E-state index in [1.54, 1.807) is 42.7 Å². The van der Waals surface area contributed by atoms with Gasteiger partial charge in [0.25, 0.3) is 0 Å². The monoisotopic (exact) mass is 374 g/mol. The van der Waals surface area contributed by atoms with E-state index in [1.807, 2.05) is 12.1 Å². The fourth-order valence-electron chi connectivity index (χ4n) is 3.03. The molecule has 2 heterocycles. The van der Waals surface area contributed by atoms with Gasteiger partial charge in [-0.15, -0.1) is 0 Å². The molecule has 3 rings (SSSR count). The van der Waals surface area contributed by atoms with E-state index in [9.17, 15) is 13.2 Å². The zero-order valence-corrected chi connectivity index (χ0v) is 15.2. The van der Waals surface area contributed by atoms with Crippen LogP contribution >= 0.6 is 0 Å². The van der Waals surface area contributed by atoms with Crippen LogP contribution in [-0.2, 0) is 25.8 Å². The Morgan fingerprint density at radius 1 is 1.12 bits per heavy atom. The number of carbonyl (C=O) groups is 1. The number of pyridine rings is 1. The highest BCUT2D eigenvalue weighted by Gasteiger charge is 2.30. The molecule has 7 heteroatoms. The first-order valence-electron chi connectivity index (χ1n) is 8.58. The number of benzene rings is 1. The molecular formula is C19H22N2O4S. The number of carbonyl (C=O) groups excluding carboxylic acids is 1. The van der Waals surface area contributed by atoms with Gasteiger partial charge in [-0.05, 0) is 36.2 Å². The second-order valence-electron chi connectivity index (χ2n) is 6.41. The fourth-order valence-corrected chi connectivity index (χ4v) is 4.29. The highest BCUT2D eigenvalue weighted by Crippen LogP contribution is 2.19. The van der Waals surface area contributed by atoms with Gasteiger partial charge in [-0.1, -0.05) is 18.2 Å². The number of sulfone groups is 1. The maximum Gasteiger partial charge on any atom is 0.221 e. The van der Waals surface area contributed by atoms with Gasteiger partial charge in [0.05, 0.1) is 29.9 Å². The zero-order valence-electron chi connectivity index (χ0n) is 14.4. The van der Waals surface area contributed by atoms with E-state index in [-0.39, 0.29) is 34.9 Å². The van der Waals surface area contributed by atoms with Gasteiger partial charge in [-0.25, -0.2) is 8.42 Å². The van der Waals surface area contributed by atoms with Gasteiger partial charge < -0.3 is 10.1 Å². The average molecular weight is 374 g/mol. The molecular weight excluding hydrogens is 352 g/mol. The molecule has 0 bridgehead atoms. The average Bonchev–Trinajstić information content (AvgIpc) is 3.08. The molecule has 1 aromatic heterocycles. The third-order valence-corrected chi connectivity index (χ3v) is 6.22. The number of nitrogens with one attached hydrogen (secondary N) is 1. The molecule has 0 saturated carbocycles. The van der Waals surface area contributed by atoms with Crippen LogP contribution in [0.25, 0.3) is 0 Å². The van der Waals surface area contributed by atoms with E-state index in [2.05, 4.69) is 10.3 Å². The van der Waals surface area contributed by atoms with Crippen molar-refractivity contribution in [1.29, 1.82) is 0 Å². The Morgan fingerprint density at radius 3 is 2.58 bits per heavy atom. The van der Waals surface area contributed by atoms with Crippen LogP contribution in [-0.4, -0.2) is 44.3 Å². The second-order valence-corrected chi connectivity index (χ2v) is 8.52. The topological polar surface area (TPSA) is 85.4 Å². The SMILES string of the molecule is O=C(CCS(=O)(=O)c1ccccc1)N[C@H]1COC[C@H]1Cc1ccncc1. The molecule has 0 unspecified atom stereocenters. The van der Waals surface area contributed by atoms with Crippen molar-refractivity contribution in [2.24, 2.45) is 5.92 Å². The number of aromatic nitrogens is 1. The van der Waals surface area contributed by atoms with Crippen LogP contribution in [0, 0.1) is 5.92 Å². The Balaban J connectivity index is 1.52. The lowest BCUT2D eigenvalue weighted by molar-refractivity contribution is -0.121. The Labute approximate surface area is 153 Å². The molecule has 1 aliphatic rings. The van der Waals surface area contributed by atoms with Crippen LogP contribution in [0.2, 0.25) is 0 Å². The number of nitrogens with zero attached hydrogens (tertiary/aromatic N) is 1. The predicted molar refractivity (Wildman–Crippen MR) is 97.3 cm³/mol. The third-order valence-electron chi connectivity index (χ3n) is 4.49. The molecule has 1 amide bonds. The fraction of sp³-hybridized carbons (Fsp3) is 0.368. The summed E-state index contributed by atoms with van der Waals surface area (Å²) in [6, 6.07) is 12.0. The Hall–Kier alpha value is -2.25. The summed E-state index contributed by atoms with van der Waals surface area (Å²) in [5, 5.41) is 2.93. The van der Waals surface area contributed by atoms with Crippen molar-refractivity contribution in [1.82, 2.24) is 10.3 Å². The predicted octanol–water partition coefficient (Wildman–Crippen LogP) is 1.62. The van der Waals surface area contributed by atoms with E-state index in [4.69, 9.17) is 4.74 Å². The van der Waals surface area contributed by atoms with E-state index in [0.29, 0.717) is 13.2 Å². The maximum absolute atomic E-state index is 12.3. The standard InChI is InChI=1S/C19H22N2O4S/c22-19(8-11-26(23,24)17-4-2-1-3-5-17)21-18-14-25-13-16(18)12-15-6-9-20-10-7-15/h1-7,9-10,16,18H,8,11-14H2,(H,21,22)/t16-,18+/m1/s1. The van der Waals surface area contributed by atoms with Crippen molar-refractivity contribution < 1.29 is 17.9 Å². The minimum absolute atomic E-state index is 0.0598. The second kappa shape index (κ2) is 8.42. The van der Waals surface area contributed by atoms with Crippen LogP contribution in [0.3, 0.4) is 0 Å². The molecule has 1 saturated heterocycles. The van der Waals surface area contributed by atoms with Crippen molar-refractivity contribution >= 4 is 15.7 Å². The van der Waals surface area contributed by atoms with Gasteiger partial charge in [-0.2, -0.15) is 0 Å². The maximum atomic E-state index is 12.3. The minimum Gasteiger partial charge on any atom is -0.379 e. The van der Waals surface area contributed by atoms with Crippen molar-refractivity contribution in [2.45, 2.75) is 23.8 Å². The van der Waals surface area contributed by atoms with Crippen LogP contribution in [0.4, 0.5) is 0 Å². The van der Waals surface area contributed by atoms with Crippen molar-refractivity contribution in [2.75, 3.05) is 19.0 Å². The molecule has 1 fully saturated rings. The molecule has 6 nitrogen and oxygen atoms in total. The highest BCUT2D eigenvalue weighted by atomic mass is 32.2. The number of rotatable bonds is 7. The molecule has 0 spiro atoms. The Bertz CT molecular complexity index is 825. The van der Waals surface area contributed by atoms with Crippen LogP contribution < -0.4 is 5.32 Å². The van der Waals surface area contributed by atoms with Crippen LogP contribution in [0.5, 0.6) is 0 Å². The van der Waals surface area contributed by atoms with E-state index >= 15 is 0 Å². The van der Waals surface area contributed by atoms with Crippen LogP contribution in [0.15, 0.2) is 59.8 Å². The van der Waals surface area contributed by atoms with Crippen molar-refractivity contribution in [3.63, 3.8) is 0 Å². The molecule has 26 heavy (non-hydrogen) atoms. The first kappa shape index (κ1) is 18.5. The van der Waals surface area contributed by atoms with Crippen molar-refractivity contribution in [3.8, 4) is 0 Å². The Morgan fingerprint density at radius 2 is 1.85 bits per heavy atom. The summed E-state index contributed by atoms with van der Waals surface area (Å²) < 4.78 is 30.0. The molecule has 1 aliphatic heterocycles. The van der Waals surface area contributed by atoms with Gasteiger partial charge in [-0.3, -0.25) is 9.78 Å². The molecule has 0 aliphatic carbocycles. The number of amides is 1. The zero-order chi connectivity index (χ0) is 18.4. The summed E-state index contributed by atoms with van der Waals surface area (Å²) in [6.07, 6.45) is 4.21. The van der Waals surface area contributed by atoms with Crippen LogP contribution in [0.1, 0.15) is 12.0 Å². The first-order valence-corrected chi connectivity index (χ1v) is 10.2. The molecule has 138 valence electrons. The third kappa shape index (κ3) is 4.89. The van der Waals surface area contributed by atoms with E-state index < -0.39 is 9.84 Å². The van der Waals surface area contributed by atoms with E-state index in [0.717, 1.165) is 12.0 Å². The highest BCUT2D eigenvalue weighted by molar-refractivity contribution is 7.91. The number of hydrogen-bond donors (Lipinski definition) is 1. The summed E-state index contributed by atoms with van der Waals surface area (Å²) in [5.74, 6) is -0.294. The lowest BCUT2D eigenvalue weighted by Crippen LogP contribution is -2.41. The molecule has 2 atom stereocenters. The minimum atomic E-state index is -3.45. The quantitative estimate of drug-likeness (QED) is 0.796.